The molecule has 1 fully saturated rings. The maximum Gasteiger partial charge on any atom is 0.245 e. The van der Waals surface area contributed by atoms with Crippen LogP contribution in [0.2, 0.25) is 0 Å². The molecule has 78 valence electrons. The van der Waals surface area contributed by atoms with Crippen molar-refractivity contribution in [2.45, 2.75) is 38.5 Å². The monoisotopic (exact) mass is 196 g/mol. The summed E-state index contributed by atoms with van der Waals surface area (Å²) in [6, 6.07) is 0. The quantitative estimate of drug-likeness (QED) is 0.648. The van der Waals surface area contributed by atoms with E-state index in [4.69, 9.17) is 11.5 Å². The van der Waals surface area contributed by atoms with Crippen LogP contribution in [-0.4, -0.2) is 11.8 Å². The SMILES string of the molecule is NC(=O)CC(C(N)=O)=C1CCCCC1. The van der Waals surface area contributed by atoms with Gasteiger partial charge in [-0.15, -0.1) is 0 Å². The van der Waals surface area contributed by atoms with Gasteiger partial charge in [-0.05, 0) is 25.7 Å². The third kappa shape index (κ3) is 2.87. The molecule has 0 aromatic rings. The van der Waals surface area contributed by atoms with Crippen LogP contribution in [-0.2, 0) is 9.59 Å². The fourth-order valence-corrected chi connectivity index (χ4v) is 1.84. The predicted octanol–water partition coefficient (Wildman–Crippen LogP) is 0.608. The number of carbonyl (C=O) groups is 2. The molecule has 0 saturated heterocycles. The van der Waals surface area contributed by atoms with Gasteiger partial charge in [0.05, 0.1) is 6.42 Å². The van der Waals surface area contributed by atoms with Gasteiger partial charge >= 0.3 is 0 Å². The van der Waals surface area contributed by atoms with E-state index in [0.717, 1.165) is 31.3 Å². The van der Waals surface area contributed by atoms with Crippen molar-refractivity contribution >= 4 is 11.8 Å². The Morgan fingerprint density at radius 2 is 1.64 bits per heavy atom. The topological polar surface area (TPSA) is 86.2 Å². The molecule has 4 N–H and O–H groups in total. The molecule has 0 aromatic carbocycles. The van der Waals surface area contributed by atoms with E-state index in [9.17, 15) is 9.59 Å². The summed E-state index contributed by atoms with van der Waals surface area (Å²) in [4.78, 5) is 21.8. The second-order valence-corrected chi connectivity index (χ2v) is 3.65. The predicted molar refractivity (Wildman–Crippen MR) is 53.1 cm³/mol. The maximum atomic E-state index is 11.1. The van der Waals surface area contributed by atoms with E-state index in [-0.39, 0.29) is 6.42 Å². The van der Waals surface area contributed by atoms with Crippen molar-refractivity contribution in [3.8, 4) is 0 Å². The van der Waals surface area contributed by atoms with Crippen LogP contribution in [0.25, 0.3) is 0 Å². The summed E-state index contributed by atoms with van der Waals surface area (Å²) in [6.45, 7) is 0. The highest BCUT2D eigenvalue weighted by Crippen LogP contribution is 2.26. The maximum absolute atomic E-state index is 11.1. The van der Waals surface area contributed by atoms with Crippen molar-refractivity contribution in [3.05, 3.63) is 11.1 Å². The molecule has 0 aliphatic heterocycles. The summed E-state index contributed by atoms with van der Waals surface area (Å²) < 4.78 is 0. The first-order valence-corrected chi connectivity index (χ1v) is 4.90. The minimum Gasteiger partial charge on any atom is -0.369 e. The van der Waals surface area contributed by atoms with Crippen molar-refractivity contribution in [2.75, 3.05) is 0 Å². The molecular weight excluding hydrogens is 180 g/mol. The van der Waals surface area contributed by atoms with Crippen molar-refractivity contribution in [2.24, 2.45) is 11.5 Å². The molecular formula is C10H16N2O2. The molecule has 0 aromatic heterocycles. The average molecular weight is 196 g/mol. The fourth-order valence-electron chi connectivity index (χ4n) is 1.84. The minimum absolute atomic E-state index is 0.00926. The van der Waals surface area contributed by atoms with Crippen molar-refractivity contribution in [1.82, 2.24) is 0 Å². The smallest absolute Gasteiger partial charge is 0.245 e. The molecule has 2 amide bonds. The first-order valence-electron chi connectivity index (χ1n) is 4.90. The first-order chi connectivity index (χ1) is 6.61. The van der Waals surface area contributed by atoms with Crippen LogP contribution >= 0.6 is 0 Å². The van der Waals surface area contributed by atoms with Gasteiger partial charge in [0.1, 0.15) is 0 Å². The lowest BCUT2D eigenvalue weighted by atomic mass is 9.89. The molecule has 0 atom stereocenters. The zero-order valence-corrected chi connectivity index (χ0v) is 8.21. The highest BCUT2D eigenvalue weighted by molar-refractivity contribution is 5.97. The van der Waals surface area contributed by atoms with Gasteiger partial charge in [-0.1, -0.05) is 12.0 Å². The number of carbonyl (C=O) groups excluding carboxylic acids is 2. The number of hydrogen-bond donors (Lipinski definition) is 2. The van der Waals surface area contributed by atoms with E-state index in [0.29, 0.717) is 5.57 Å². The van der Waals surface area contributed by atoms with E-state index < -0.39 is 11.8 Å². The Labute approximate surface area is 83.3 Å². The number of primary amides is 2. The number of hydrogen-bond acceptors (Lipinski definition) is 2. The number of rotatable bonds is 3. The van der Waals surface area contributed by atoms with Gasteiger partial charge in [0.2, 0.25) is 11.8 Å². The van der Waals surface area contributed by atoms with E-state index in [1.54, 1.807) is 0 Å². The van der Waals surface area contributed by atoms with Crippen LogP contribution in [0, 0.1) is 0 Å². The fraction of sp³-hybridized carbons (Fsp3) is 0.600. The van der Waals surface area contributed by atoms with Gasteiger partial charge in [-0.2, -0.15) is 0 Å². The second-order valence-electron chi connectivity index (χ2n) is 3.65. The van der Waals surface area contributed by atoms with Gasteiger partial charge in [-0.25, -0.2) is 0 Å². The van der Waals surface area contributed by atoms with Crippen LogP contribution < -0.4 is 11.5 Å². The highest BCUT2D eigenvalue weighted by Gasteiger charge is 2.16. The third-order valence-corrected chi connectivity index (χ3v) is 2.53. The Kier molecular flexibility index (Phi) is 3.68. The van der Waals surface area contributed by atoms with E-state index >= 15 is 0 Å². The summed E-state index contributed by atoms with van der Waals surface area (Å²) in [6.07, 6.45) is 5.09. The summed E-state index contributed by atoms with van der Waals surface area (Å²) in [5.41, 5.74) is 11.7. The molecule has 4 heteroatoms. The Bertz CT molecular complexity index is 274. The molecule has 1 aliphatic carbocycles. The summed E-state index contributed by atoms with van der Waals surface area (Å²) in [5.74, 6) is -0.988. The van der Waals surface area contributed by atoms with E-state index in [2.05, 4.69) is 0 Å². The normalized spacial score (nSPS) is 16.4. The average Bonchev–Trinajstić information content (AvgIpc) is 2.15. The van der Waals surface area contributed by atoms with Gasteiger partial charge < -0.3 is 11.5 Å². The van der Waals surface area contributed by atoms with Crippen molar-refractivity contribution in [3.63, 3.8) is 0 Å². The number of nitrogens with two attached hydrogens (primary N) is 2. The Morgan fingerprint density at radius 1 is 1.07 bits per heavy atom. The lowest BCUT2D eigenvalue weighted by Crippen LogP contribution is -2.22. The first kappa shape index (κ1) is 10.8. The number of allylic oxidation sites excluding steroid dienone is 1. The molecule has 0 unspecified atom stereocenters. The minimum atomic E-state index is -0.499. The van der Waals surface area contributed by atoms with Crippen LogP contribution in [0.5, 0.6) is 0 Å². The molecule has 0 heterocycles. The summed E-state index contributed by atoms with van der Waals surface area (Å²) >= 11 is 0. The largest absolute Gasteiger partial charge is 0.369 e. The second kappa shape index (κ2) is 4.79. The van der Waals surface area contributed by atoms with Gasteiger partial charge in [0.15, 0.2) is 0 Å². The third-order valence-electron chi connectivity index (χ3n) is 2.53. The van der Waals surface area contributed by atoms with Crippen LogP contribution in [0.15, 0.2) is 11.1 Å². The van der Waals surface area contributed by atoms with Crippen LogP contribution in [0.1, 0.15) is 38.5 Å². The molecule has 4 nitrogen and oxygen atoms in total. The molecule has 1 saturated carbocycles. The summed E-state index contributed by atoms with van der Waals surface area (Å²) in [7, 11) is 0. The molecule has 0 spiro atoms. The van der Waals surface area contributed by atoms with Gasteiger partial charge in [0, 0.05) is 5.57 Å². The van der Waals surface area contributed by atoms with Crippen LogP contribution in [0.4, 0.5) is 0 Å². The summed E-state index contributed by atoms with van der Waals surface area (Å²) in [5, 5.41) is 0. The lowest BCUT2D eigenvalue weighted by molar-refractivity contribution is -0.120. The van der Waals surface area contributed by atoms with Crippen LogP contribution in [0.3, 0.4) is 0 Å². The molecule has 0 bridgehead atoms. The molecule has 1 rings (SSSR count). The molecule has 1 aliphatic rings. The number of amides is 2. The Balaban J connectivity index is 2.82. The molecule has 14 heavy (non-hydrogen) atoms. The van der Waals surface area contributed by atoms with Gasteiger partial charge in [-0.3, -0.25) is 9.59 Å². The highest BCUT2D eigenvalue weighted by atomic mass is 16.2. The molecule has 0 radical (unpaired) electrons. The van der Waals surface area contributed by atoms with Crippen molar-refractivity contribution in [1.29, 1.82) is 0 Å². The van der Waals surface area contributed by atoms with Gasteiger partial charge in [0.25, 0.3) is 0 Å². The van der Waals surface area contributed by atoms with Crippen molar-refractivity contribution < 1.29 is 9.59 Å². The van der Waals surface area contributed by atoms with E-state index in [1.807, 2.05) is 0 Å². The Hall–Kier alpha value is -1.32. The lowest BCUT2D eigenvalue weighted by Gasteiger charge is -2.16. The standard InChI is InChI=1S/C10H16N2O2/c11-9(13)6-8(10(12)14)7-4-2-1-3-5-7/h1-6H2,(H2,11,13)(H2,12,14). The zero-order chi connectivity index (χ0) is 10.6. The Morgan fingerprint density at radius 3 is 2.07 bits per heavy atom. The van der Waals surface area contributed by atoms with E-state index in [1.165, 1.54) is 6.42 Å². The zero-order valence-electron chi connectivity index (χ0n) is 8.21.